The monoisotopic (exact) mass is 210 g/mol. The molecule has 0 atom stereocenters. The molecule has 3 N–H and O–H groups in total. The third-order valence-corrected chi connectivity index (χ3v) is 2.63. The molecule has 15 heavy (non-hydrogen) atoms. The molecule has 1 aliphatic rings. The van der Waals surface area contributed by atoms with Gasteiger partial charge in [0.1, 0.15) is 5.82 Å². The lowest BCUT2D eigenvalue weighted by atomic mass is 10.2. The SMILES string of the molecule is Nc1ccc(F)cc1N(CCO)C1CC1. The number of aliphatic hydroxyl groups is 1. The summed E-state index contributed by atoms with van der Waals surface area (Å²) in [5.41, 5.74) is 7.06. The van der Waals surface area contributed by atoms with E-state index in [4.69, 9.17) is 10.8 Å². The fraction of sp³-hybridized carbons (Fsp3) is 0.455. The highest BCUT2D eigenvalue weighted by molar-refractivity contribution is 5.68. The summed E-state index contributed by atoms with van der Waals surface area (Å²) in [6, 6.07) is 4.77. The minimum absolute atomic E-state index is 0.0620. The number of nitrogen functional groups attached to an aromatic ring is 1. The number of hydrogen-bond acceptors (Lipinski definition) is 3. The van der Waals surface area contributed by atoms with E-state index in [1.54, 1.807) is 6.07 Å². The number of halogens is 1. The van der Waals surface area contributed by atoms with Gasteiger partial charge in [-0.25, -0.2) is 4.39 Å². The Kier molecular flexibility index (Phi) is 2.77. The zero-order valence-electron chi connectivity index (χ0n) is 8.49. The van der Waals surface area contributed by atoms with Crippen molar-refractivity contribution in [3.05, 3.63) is 24.0 Å². The summed E-state index contributed by atoms with van der Waals surface area (Å²) in [6.45, 7) is 0.574. The van der Waals surface area contributed by atoms with Gasteiger partial charge in [-0.3, -0.25) is 0 Å². The average Bonchev–Trinajstić information content (AvgIpc) is 3.02. The Balaban J connectivity index is 2.27. The molecular formula is C11H15FN2O. The lowest BCUT2D eigenvalue weighted by Gasteiger charge is -2.25. The van der Waals surface area contributed by atoms with Crippen LogP contribution in [0, 0.1) is 5.82 Å². The van der Waals surface area contributed by atoms with Crippen LogP contribution < -0.4 is 10.6 Å². The summed E-state index contributed by atoms with van der Waals surface area (Å²) in [4.78, 5) is 1.98. The number of anilines is 2. The molecule has 2 rings (SSSR count). The third-order valence-electron chi connectivity index (χ3n) is 2.63. The molecule has 3 nitrogen and oxygen atoms in total. The minimum Gasteiger partial charge on any atom is -0.397 e. The largest absolute Gasteiger partial charge is 0.397 e. The van der Waals surface area contributed by atoms with Gasteiger partial charge in [0.05, 0.1) is 18.0 Å². The highest BCUT2D eigenvalue weighted by atomic mass is 19.1. The molecule has 82 valence electrons. The van der Waals surface area contributed by atoms with Crippen molar-refractivity contribution in [1.29, 1.82) is 0 Å². The van der Waals surface area contributed by atoms with Gasteiger partial charge in [-0.15, -0.1) is 0 Å². The van der Waals surface area contributed by atoms with Gasteiger partial charge in [-0.2, -0.15) is 0 Å². The van der Waals surface area contributed by atoms with E-state index < -0.39 is 0 Å². The Morgan fingerprint density at radius 3 is 2.80 bits per heavy atom. The lowest BCUT2D eigenvalue weighted by Crippen LogP contribution is -2.29. The Bertz CT molecular complexity index is 352. The Morgan fingerprint density at radius 2 is 2.20 bits per heavy atom. The molecular weight excluding hydrogens is 195 g/mol. The van der Waals surface area contributed by atoms with Crippen molar-refractivity contribution in [2.75, 3.05) is 23.8 Å². The minimum atomic E-state index is -0.289. The highest BCUT2D eigenvalue weighted by Crippen LogP contribution is 2.34. The number of rotatable bonds is 4. The molecule has 0 bridgehead atoms. The maximum Gasteiger partial charge on any atom is 0.125 e. The zero-order chi connectivity index (χ0) is 10.8. The van der Waals surface area contributed by atoms with Crippen LogP contribution in [0.3, 0.4) is 0 Å². The van der Waals surface area contributed by atoms with Gasteiger partial charge in [0.2, 0.25) is 0 Å². The summed E-state index contributed by atoms with van der Waals surface area (Å²) in [5.74, 6) is -0.289. The van der Waals surface area contributed by atoms with Gasteiger partial charge in [-0.1, -0.05) is 0 Å². The molecule has 1 aliphatic carbocycles. The van der Waals surface area contributed by atoms with E-state index in [9.17, 15) is 4.39 Å². The quantitative estimate of drug-likeness (QED) is 0.738. The fourth-order valence-electron chi connectivity index (χ4n) is 1.76. The van der Waals surface area contributed by atoms with Crippen molar-refractivity contribution in [3.8, 4) is 0 Å². The first-order valence-corrected chi connectivity index (χ1v) is 5.15. The topological polar surface area (TPSA) is 49.5 Å². The van der Waals surface area contributed by atoms with Crippen LogP contribution in [0.15, 0.2) is 18.2 Å². The number of nitrogens with zero attached hydrogens (tertiary/aromatic N) is 1. The molecule has 1 saturated carbocycles. The lowest BCUT2D eigenvalue weighted by molar-refractivity contribution is 0.301. The first-order valence-electron chi connectivity index (χ1n) is 5.15. The van der Waals surface area contributed by atoms with Gasteiger partial charge in [0, 0.05) is 12.6 Å². The smallest absolute Gasteiger partial charge is 0.125 e. The Morgan fingerprint density at radius 1 is 1.47 bits per heavy atom. The second kappa shape index (κ2) is 4.06. The van der Waals surface area contributed by atoms with Gasteiger partial charge in [0.15, 0.2) is 0 Å². The summed E-state index contributed by atoms with van der Waals surface area (Å²) in [5, 5.41) is 8.96. The van der Waals surface area contributed by atoms with Crippen LogP contribution in [0.5, 0.6) is 0 Å². The van der Waals surface area contributed by atoms with Crippen LogP contribution in [0.4, 0.5) is 15.8 Å². The van der Waals surface area contributed by atoms with Crippen LogP contribution in [0.25, 0.3) is 0 Å². The molecule has 0 radical (unpaired) electrons. The summed E-state index contributed by atoms with van der Waals surface area (Å²) in [6.07, 6.45) is 2.19. The molecule has 0 heterocycles. The van der Waals surface area contributed by atoms with Gasteiger partial charge < -0.3 is 15.7 Å². The van der Waals surface area contributed by atoms with E-state index in [-0.39, 0.29) is 12.4 Å². The average molecular weight is 210 g/mol. The second-order valence-electron chi connectivity index (χ2n) is 3.85. The van der Waals surface area contributed by atoms with E-state index >= 15 is 0 Å². The van der Waals surface area contributed by atoms with Crippen molar-refractivity contribution < 1.29 is 9.50 Å². The Labute approximate surface area is 88.3 Å². The third kappa shape index (κ3) is 2.21. The predicted octanol–water partition coefficient (Wildman–Crippen LogP) is 1.37. The van der Waals surface area contributed by atoms with Crippen LogP contribution in [0.2, 0.25) is 0 Å². The first kappa shape index (κ1) is 10.2. The number of nitrogens with two attached hydrogens (primary N) is 1. The molecule has 4 heteroatoms. The van der Waals surface area contributed by atoms with E-state index in [1.807, 2.05) is 4.90 Å². The molecule has 1 aromatic carbocycles. The molecule has 1 aromatic rings. The predicted molar refractivity (Wildman–Crippen MR) is 58.3 cm³/mol. The van der Waals surface area contributed by atoms with Crippen molar-refractivity contribution in [2.24, 2.45) is 0 Å². The molecule has 0 spiro atoms. The van der Waals surface area contributed by atoms with Gasteiger partial charge in [-0.05, 0) is 31.0 Å². The van der Waals surface area contributed by atoms with Crippen molar-refractivity contribution >= 4 is 11.4 Å². The maximum atomic E-state index is 13.1. The highest BCUT2D eigenvalue weighted by Gasteiger charge is 2.29. The zero-order valence-corrected chi connectivity index (χ0v) is 8.49. The molecule has 0 saturated heterocycles. The summed E-state index contributed by atoms with van der Waals surface area (Å²) < 4.78 is 13.1. The van der Waals surface area contributed by atoms with Crippen molar-refractivity contribution in [2.45, 2.75) is 18.9 Å². The van der Waals surface area contributed by atoms with E-state index in [2.05, 4.69) is 0 Å². The van der Waals surface area contributed by atoms with Crippen molar-refractivity contribution in [1.82, 2.24) is 0 Å². The number of hydrogen-bond donors (Lipinski definition) is 2. The van der Waals surface area contributed by atoms with E-state index in [0.717, 1.165) is 12.8 Å². The molecule has 1 fully saturated rings. The van der Waals surface area contributed by atoms with Gasteiger partial charge >= 0.3 is 0 Å². The summed E-state index contributed by atoms with van der Waals surface area (Å²) in [7, 11) is 0. The normalized spacial score (nSPS) is 15.3. The summed E-state index contributed by atoms with van der Waals surface area (Å²) >= 11 is 0. The molecule has 0 aliphatic heterocycles. The van der Waals surface area contributed by atoms with Crippen LogP contribution in [-0.4, -0.2) is 24.3 Å². The fourth-order valence-corrected chi connectivity index (χ4v) is 1.76. The molecule has 0 amide bonds. The first-order chi connectivity index (χ1) is 7.22. The maximum absolute atomic E-state index is 13.1. The van der Waals surface area contributed by atoms with E-state index in [0.29, 0.717) is 24.0 Å². The van der Waals surface area contributed by atoms with Crippen molar-refractivity contribution in [3.63, 3.8) is 0 Å². The van der Waals surface area contributed by atoms with Gasteiger partial charge in [0.25, 0.3) is 0 Å². The van der Waals surface area contributed by atoms with Crippen LogP contribution in [0.1, 0.15) is 12.8 Å². The number of aliphatic hydroxyl groups excluding tert-OH is 1. The molecule has 0 unspecified atom stereocenters. The Hall–Kier alpha value is -1.29. The molecule has 0 aromatic heterocycles. The second-order valence-corrected chi connectivity index (χ2v) is 3.85. The van der Waals surface area contributed by atoms with E-state index in [1.165, 1.54) is 12.1 Å². The number of benzene rings is 1. The standard InChI is InChI=1S/C11H15FN2O/c12-8-1-4-10(13)11(7-8)14(5-6-15)9-2-3-9/h1,4,7,9,15H,2-3,5-6,13H2. The van der Waals surface area contributed by atoms with Crippen LogP contribution in [-0.2, 0) is 0 Å². The van der Waals surface area contributed by atoms with Crippen LogP contribution >= 0.6 is 0 Å².